The van der Waals surface area contributed by atoms with Gasteiger partial charge < -0.3 is 14.2 Å². The second-order valence-corrected chi connectivity index (χ2v) is 19.5. The van der Waals surface area contributed by atoms with Gasteiger partial charge in [-0.25, -0.2) is 0 Å². The van der Waals surface area contributed by atoms with Gasteiger partial charge in [0.2, 0.25) is 0 Å². The number of ether oxygens (including phenoxy) is 3. The van der Waals surface area contributed by atoms with Gasteiger partial charge >= 0.3 is 17.9 Å². The van der Waals surface area contributed by atoms with Gasteiger partial charge in [-0.05, 0) is 103 Å². The van der Waals surface area contributed by atoms with E-state index in [1.165, 1.54) is 186 Å². The van der Waals surface area contributed by atoms with Crippen LogP contribution in [-0.4, -0.2) is 37.2 Å². The molecule has 1 atom stereocenters. The zero-order valence-electron chi connectivity index (χ0n) is 44.7. The van der Waals surface area contributed by atoms with Crippen molar-refractivity contribution in [1.29, 1.82) is 0 Å². The highest BCUT2D eigenvalue weighted by atomic mass is 16.6. The monoisotopic (exact) mass is 939 g/mol. The first-order valence-corrected chi connectivity index (χ1v) is 29.1. The van der Waals surface area contributed by atoms with E-state index in [0.29, 0.717) is 19.3 Å². The Morgan fingerprint density at radius 2 is 0.537 bits per heavy atom. The lowest BCUT2D eigenvalue weighted by molar-refractivity contribution is -0.167. The summed E-state index contributed by atoms with van der Waals surface area (Å²) in [4.78, 5) is 38.2. The minimum Gasteiger partial charge on any atom is -0.462 e. The van der Waals surface area contributed by atoms with E-state index < -0.39 is 6.10 Å². The summed E-state index contributed by atoms with van der Waals surface area (Å²) in [5.41, 5.74) is 0. The smallest absolute Gasteiger partial charge is 0.306 e. The quantitative estimate of drug-likeness (QED) is 0.0262. The van der Waals surface area contributed by atoms with Crippen LogP contribution in [-0.2, 0) is 28.6 Å². The Morgan fingerprint density at radius 3 is 0.866 bits per heavy atom. The molecule has 0 saturated heterocycles. The third-order valence-corrected chi connectivity index (χ3v) is 12.8. The third kappa shape index (κ3) is 54.2. The molecule has 0 aromatic carbocycles. The summed E-state index contributed by atoms with van der Waals surface area (Å²) in [5.74, 6) is -0.889. The number of esters is 3. The summed E-state index contributed by atoms with van der Waals surface area (Å²) >= 11 is 0. The van der Waals surface area contributed by atoms with Gasteiger partial charge in [-0.2, -0.15) is 0 Å². The molecule has 6 heteroatoms. The van der Waals surface area contributed by atoms with E-state index in [1.54, 1.807) is 0 Å². The maximum absolute atomic E-state index is 12.9. The molecule has 0 aliphatic rings. The van der Waals surface area contributed by atoms with Crippen molar-refractivity contribution < 1.29 is 28.6 Å². The second-order valence-electron chi connectivity index (χ2n) is 19.5. The van der Waals surface area contributed by atoms with Crippen molar-refractivity contribution in [2.75, 3.05) is 13.2 Å². The third-order valence-electron chi connectivity index (χ3n) is 12.8. The predicted molar refractivity (Wildman–Crippen MR) is 289 cm³/mol. The van der Waals surface area contributed by atoms with Crippen LogP contribution in [0.25, 0.3) is 0 Å². The zero-order chi connectivity index (χ0) is 48.6. The van der Waals surface area contributed by atoms with Crippen LogP contribution in [0.1, 0.15) is 303 Å². The molecule has 0 bridgehead atoms. The summed E-state index contributed by atoms with van der Waals surface area (Å²) in [5, 5.41) is 0. The van der Waals surface area contributed by atoms with Crippen molar-refractivity contribution in [2.24, 2.45) is 0 Å². The van der Waals surface area contributed by atoms with Gasteiger partial charge in [0.05, 0.1) is 0 Å². The Morgan fingerprint density at radius 1 is 0.299 bits per heavy atom. The molecule has 0 saturated carbocycles. The molecule has 0 fully saturated rings. The molecule has 0 rings (SSSR count). The van der Waals surface area contributed by atoms with Crippen molar-refractivity contribution in [3.63, 3.8) is 0 Å². The average Bonchev–Trinajstić information content (AvgIpc) is 3.33. The van der Waals surface area contributed by atoms with Gasteiger partial charge in [0, 0.05) is 19.3 Å². The van der Waals surface area contributed by atoms with Crippen molar-refractivity contribution in [3.05, 3.63) is 48.6 Å². The number of carbonyl (C=O) groups is 3. The molecule has 6 nitrogen and oxygen atoms in total. The van der Waals surface area contributed by atoms with Gasteiger partial charge in [-0.1, -0.05) is 230 Å². The molecule has 0 amide bonds. The van der Waals surface area contributed by atoms with Crippen LogP contribution < -0.4 is 0 Å². The Hall–Kier alpha value is -2.63. The maximum atomic E-state index is 12.9. The number of unbranched alkanes of at least 4 members (excludes halogenated alkanes) is 34. The van der Waals surface area contributed by atoms with Crippen LogP contribution in [0.15, 0.2) is 48.6 Å². The summed E-state index contributed by atoms with van der Waals surface area (Å²) in [7, 11) is 0. The average molecular weight is 940 g/mol. The highest BCUT2D eigenvalue weighted by Crippen LogP contribution is 2.15. The first kappa shape index (κ1) is 64.4. The number of carbonyl (C=O) groups excluding carboxylic acids is 3. The molecule has 0 aliphatic carbocycles. The highest BCUT2D eigenvalue weighted by Gasteiger charge is 2.19. The topological polar surface area (TPSA) is 78.9 Å². The zero-order valence-corrected chi connectivity index (χ0v) is 44.7. The van der Waals surface area contributed by atoms with Crippen LogP contribution in [0.2, 0.25) is 0 Å². The summed E-state index contributed by atoms with van der Waals surface area (Å²) in [6, 6.07) is 0. The molecule has 0 aromatic heterocycles. The van der Waals surface area contributed by atoms with E-state index in [4.69, 9.17) is 14.2 Å². The van der Waals surface area contributed by atoms with E-state index in [0.717, 1.165) is 77.0 Å². The second kappa shape index (κ2) is 56.0. The van der Waals surface area contributed by atoms with Crippen LogP contribution in [0.3, 0.4) is 0 Å². The van der Waals surface area contributed by atoms with Crippen LogP contribution >= 0.6 is 0 Å². The summed E-state index contributed by atoms with van der Waals surface area (Å²) in [6.45, 7) is 6.62. The number of rotatable bonds is 53. The summed E-state index contributed by atoms with van der Waals surface area (Å²) in [6.07, 6.45) is 68.1. The van der Waals surface area contributed by atoms with E-state index >= 15 is 0 Å². The van der Waals surface area contributed by atoms with Gasteiger partial charge in [0.25, 0.3) is 0 Å². The molecular formula is C61H110O6. The first-order valence-electron chi connectivity index (χ1n) is 29.1. The number of allylic oxidation sites excluding steroid dienone is 8. The maximum Gasteiger partial charge on any atom is 0.306 e. The Balaban J connectivity index is 4.39. The molecule has 0 aliphatic heterocycles. The predicted octanol–water partition coefficient (Wildman–Crippen LogP) is 19.4. The molecule has 0 heterocycles. The van der Waals surface area contributed by atoms with E-state index in [9.17, 15) is 14.4 Å². The highest BCUT2D eigenvalue weighted by molar-refractivity contribution is 5.71. The van der Waals surface area contributed by atoms with Gasteiger partial charge in [0.1, 0.15) is 13.2 Å². The van der Waals surface area contributed by atoms with Crippen LogP contribution in [0, 0.1) is 0 Å². The van der Waals surface area contributed by atoms with Crippen LogP contribution in [0.4, 0.5) is 0 Å². The first-order chi connectivity index (χ1) is 33.0. The molecule has 0 N–H and O–H groups in total. The van der Waals surface area contributed by atoms with E-state index in [1.807, 2.05) is 0 Å². The Bertz CT molecular complexity index is 1170. The summed E-state index contributed by atoms with van der Waals surface area (Å²) < 4.78 is 16.9. The Labute approximate surface area is 416 Å². The molecule has 390 valence electrons. The minimum absolute atomic E-state index is 0.0802. The molecule has 0 aromatic rings. The molecule has 67 heavy (non-hydrogen) atoms. The van der Waals surface area contributed by atoms with Crippen molar-refractivity contribution >= 4 is 17.9 Å². The molecule has 0 spiro atoms. The lowest BCUT2D eigenvalue weighted by atomic mass is 10.1. The fourth-order valence-electron chi connectivity index (χ4n) is 8.35. The lowest BCUT2D eigenvalue weighted by Gasteiger charge is -2.18. The van der Waals surface area contributed by atoms with Gasteiger partial charge in [-0.15, -0.1) is 0 Å². The largest absolute Gasteiger partial charge is 0.462 e. The Kier molecular flexibility index (Phi) is 53.8. The minimum atomic E-state index is -0.782. The van der Waals surface area contributed by atoms with E-state index in [-0.39, 0.29) is 31.1 Å². The van der Waals surface area contributed by atoms with Crippen LogP contribution in [0.5, 0.6) is 0 Å². The van der Waals surface area contributed by atoms with Crippen molar-refractivity contribution in [3.8, 4) is 0 Å². The lowest BCUT2D eigenvalue weighted by Crippen LogP contribution is -2.30. The van der Waals surface area contributed by atoms with Crippen molar-refractivity contribution in [1.82, 2.24) is 0 Å². The molecule has 0 unspecified atom stereocenters. The fourth-order valence-corrected chi connectivity index (χ4v) is 8.35. The van der Waals surface area contributed by atoms with Gasteiger partial charge in [0.15, 0.2) is 6.10 Å². The normalized spacial score (nSPS) is 12.3. The van der Waals surface area contributed by atoms with Crippen molar-refractivity contribution in [2.45, 2.75) is 309 Å². The fraction of sp³-hybridized carbons (Fsp3) is 0.820. The number of hydrogen-bond acceptors (Lipinski definition) is 6. The van der Waals surface area contributed by atoms with Gasteiger partial charge in [-0.3, -0.25) is 14.4 Å². The van der Waals surface area contributed by atoms with E-state index in [2.05, 4.69) is 69.4 Å². The molecule has 0 radical (unpaired) electrons. The molecular weight excluding hydrogens is 829 g/mol. The SMILES string of the molecule is CCCCC/C=C\C/C=C\CCCCCCCC(=O)OC[C@H](COC(=O)CCCCCCCCC/C=C\CCCCCCCC)OC(=O)CCCCCCCCC/C=C\CCCCCCCC. The standard InChI is InChI=1S/C61H110O6/c1-4-7-10-13-16-19-22-25-28-30-33-36-39-42-45-48-51-54-60(63)66-57-58(56-65-59(62)53-50-47-44-41-38-35-32-27-24-21-18-15-12-9-6-3)67-61(64)55-52-49-46-43-40-37-34-31-29-26-23-20-17-14-11-8-5-2/h18,21,25-29,32,58H,4-17,19-20,22-24,30-31,33-57H2,1-3H3/b21-18-,28-25-,29-26-,32-27-/t58-/m1/s1. The number of hydrogen-bond donors (Lipinski definition) is 0.